The monoisotopic (exact) mass is 453 g/mol. The summed E-state index contributed by atoms with van der Waals surface area (Å²) in [5, 5.41) is 4.24. The summed E-state index contributed by atoms with van der Waals surface area (Å²) in [6.07, 6.45) is 2.04. The van der Waals surface area contributed by atoms with Crippen molar-refractivity contribution < 1.29 is 4.79 Å². The predicted molar refractivity (Wildman–Crippen MR) is 127 cm³/mol. The number of rotatable bonds is 2. The molecule has 0 bridgehead atoms. The van der Waals surface area contributed by atoms with Gasteiger partial charge in [-0.2, -0.15) is 0 Å². The number of amides is 2. The van der Waals surface area contributed by atoms with E-state index in [0.29, 0.717) is 36.2 Å². The number of carbonyl (C=O) groups is 1. The van der Waals surface area contributed by atoms with Gasteiger partial charge in [-0.25, -0.2) is 9.78 Å². The SMILES string of the molecule is Cc1ccc(Cl)cc1NC(=O)N1CCN(c2nc3cc(Cl)ccc3n3cccc23)CC1. The van der Waals surface area contributed by atoms with Gasteiger partial charge in [-0.1, -0.05) is 29.3 Å². The van der Waals surface area contributed by atoms with Crippen LogP contribution in [0.2, 0.25) is 10.0 Å². The van der Waals surface area contributed by atoms with Crippen LogP contribution in [0.1, 0.15) is 5.56 Å². The second-order valence-corrected chi connectivity index (χ2v) is 8.57. The number of benzene rings is 2. The third kappa shape index (κ3) is 3.77. The topological polar surface area (TPSA) is 52.9 Å². The summed E-state index contributed by atoms with van der Waals surface area (Å²) in [6, 6.07) is 15.2. The van der Waals surface area contributed by atoms with E-state index in [-0.39, 0.29) is 6.03 Å². The molecular weight excluding hydrogens is 433 g/mol. The van der Waals surface area contributed by atoms with Gasteiger partial charge < -0.3 is 19.5 Å². The number of hydrogen-bond donors (Lipinski definition) is 1. The number of piperazine rings is 1. The van der Waals surface area contributed by atoms with Gasteiger partial charge in [0.1, 0.15) is 0 Å². The third-order valence-electron chi connectivity index (χ3n) is 5.71. The second kappa shape index (κ2) is 7.94. The minimum Gasteiger partial charge on any atom is -0.351 e. The molecule has 8 heteroatoms. The van der Waals surface area contributed by atoms with Gasteiger partial charge in [0, 0.05) is 48.1 Å². The standard InChI is InChI=1S/C23H21Cl2N5O/c1-15-4-5-16(24)13-18(15)27-23(31)29-11-9-28(10-12-29)22-21-3-2-8-30(21)20-7-6-17(25)14-19(20)26-22/h2-8,13-14H,9-12H2,1H3,(H,27,31). The molecular formula is C23H21Cl2N5O. The van der Waals surface area contributed by atoms with Crippen LogP contribution in [0, 0.1) is 6.92 Å². The first-order valence-electron chi connectivity index (χ1n) is 10.1. The van der Waals surface area contributed by atoms with E-state index >= 15 is 0 Å². The maximum Gasteiger partial charge on any atom is 0.321 e. The molecule has 1 fully saturated rings. The van der Waals surface area contributed by atoms with Crippen LogP contribution >= 0.6 is 23.2 Å². The van der Waals surface area contributed by atoms with Crippen molar-refractivity contribution >= 4 is 57.3 Å². The van der Waals surface area contributed by atoms with Gasteiger partial charge in [0.05, 0.1) is 16.6 Å². The zero-order valence-electron chi connectivity index (χ0n) is 17.0. The first-order chi connectivity index (χ1) is 15.0. The van der Waals surface area contributed by atoms with E-state index in [1.807, 2.05) is 54.4 Å². The Morgan fingerprint density at radius 2 is 1.71 bits per heavy atom. The molecule has 0 aliphatic carbocycles. The van der Waals surface area contributed by atoms with Crippen LogP contribution in [-0.2, 0) is 0 Å². The fourth-order valence-electron chi connectivity index (χ4n) is 4.01. The van der Waals surface area contributed by atoms with Crippen LogP contribution in [0.5, 0.6) is 0 Å². The lowest BCUT2D eigenvalue weighted by Gasteiger charge is -2.35. The van der Waals surface area contributed by atoms with Gasteiger partial charge in [-0.15, -0.1) is 0 Å². The summed E-state index contributed by atoms with van der Waals surface area (Å²) in [6.45, 7) is 4.55. The lowest BCUT2D eigenvalue weighted by atomic mass is 10.2. The zero-order valence-corrected chi connectivity index (χ0v) is 18.5. The molecule has 0 spiro atoms. The molecule has 0 saturated carbocycles. The van der Waals surface area contributed by atoms with E-state index in [1.165, 1.54) is 0 Å². The fourth-order valence-corrected chi connectivity index (χ4v) is 4.35. The van der Waals surface area contributed by atoms with Gasteiger partial charge in [0.2, 0.25) is 0 Å². The maximum atomic E-state index is 12.8. The van der Waals surface area contributed by atoms with E-state index in [4.69, 9.17) is 28.2 Å². The normalized spacial score (nSPS) is 14.4. The maximum absolute atomic E-state index is 12.8. The minimum absolute atomic E-state index is 0.115. The smallest absolute Gasteiger partial charge is 0.321 e. The number of aromatic nitrogens is 2. The van der Waals surface area contributed by atoms with Crippen molar-refractivity contribution in [2.24, 2.45) is 0 Å². The van der Waals surface area contributed by atoms with Gasteiger partial charge in [-0.3, -0.25) is 0 Å². The van der Waals surface area contributed by atoms with Crippen molar-refractivity contribution in [3.8, 4) is 0 Å². The summed E-state index contributed by atoms with van der Waals surface area (Å²) in [4.78, 5) is 21.7. The molecule has 2 aromatic carbocycles. The van der Waals surface area contributed by atoms with E-state index in [2.05, 4.69) is 20.7 Å². The van der Waals surface area contributed by atoms with Gasteiger partial charge >= 0.3 is 6.03 Å². The molecule has 1 aliphatic heterocycles. The van der Waals surface area contributed by atoms with Gasteiger partial charge in [0.25, 0.3) is 0 Å². The van der Waals surface area contributed by atoms with Crippen molar-refractivity contribution in [2.75, 3.05) is 36.4 Å². The number of nitrogens with one attached hydrogen (secondary N) is 1. The Morgan fingerprint density at radius 1 is 0.968 bits per heavy atom. The molecule has 1 saturated heterocycles. The Labute approximate surface area is 190 Å². The first kappa shape index (κ1) is 20.0. The Hall–Kier alpha value is -2.96. The van der Waals surface area contributed by atoms with Crippen LogP contribution in [0.25, 0.3) is 16.6 Å². The van der Waals surface area contributed by atoms with Crippen molar-refractivity contribution in [3.63, 3.8) is 0 Å². The molecule has 2 aromatic heterocycles. The Kier molecular flexibility index (Phi) is 5.12. The Balaban J connectivity index is 1.35. The molecule has 4 aromatic rings. The summed E-state index contributed by atoms with van der Waals surface area (Å²) in [5.41, 5.74) is 4.63. The molecule has 0 radical (unpaired) electrons. The quantitative estimate of drug-likeness (QED) is 0.438. The lowest BCUT2D eigenvalue weighted by Crippen LogP contribution is -2.50. The van der Waals surface area contributed by atoms with E-state index in [9.17, 15) is 4.79 Å². The van der Waals surface area contributed by atoms with E-state index in [0.717, 1.165) is 33.6 Å². The molecule has 0 atom stereocenters. The Morgan fingerprint density at radius 3 is 2.52 bits per heavy atom. The van der Waals surface area contributed by atoms with Gasteiger partial charge in [-0.05, 0) is 55.0 Å². The minimum atomic E-state index is -0.115. The van der Waals surface area contributed by atoms with Crippen LogP contribution in [-0.4, -0.2) is 46.5 Å². The van der Waals surface area contributed by atoms with E-state index < -0.39 is 0 Å². The number of carbonyl (C=O) groups excluding carboxylic acids is 1. The van der Waals surface area contributed by atoms with Crippen LogP contribution in [0.15, 0.2) is 54.7 Å². The molecule has 6 nitrogen and oxygen atoms in total. The number of halogens is 2. The molecule has 31 heavy (non-hydrogen) atoms. The van der Waals surface area contributed by atoms with Crippen LogP contribution < -0.4 is 10.2 Å². The van der Waals surface area contributed by atoms with Crippen LogP contribution in [0.4, 0.5) is 16.3 Å². The summed E-state index contributed by atoms with van der Waals surface area (Å²) in [7, 11) is 0. The number of hydrogen-bond acceptors (Lipinski definition) is 3. The summed E-state index contributed by atoms with van der Waals surface area (Å²) < 4.78 is 2.13. The zero-order chi connectivity index (χ0) is 21.5. The average molecular weight is 454 g/mol. The molecule has 5 rings (SSSR count). The average Bonchev–Trinajstić information content (AvgIpc) is 3.25. The first-order valence-corrected chi connectivity index (χ1v) is 10.9. The van der Waals surface area contributed by atoms with Crippen LogP contribution in [0.3, 0.4) is 0 Å². The number of urea groups is 1. The molecule has 1 aliphatic rings. The highest BCUT2D eigenvalue weighted by atomic mass is 35.5. The fraction of sp³-hybridized carbons (Fsp3) is 0.217. The Bertz CT molecular complexity index is 1290. The van der Waals surface area contributed by atoms with Crippen molar-refractivity contribution in [1.29, 1.82) is 0 Å². The molecule has 158 valence electrons. The van der Waals surface area contributed by atoms with Crippen molar-refractivity contribution in [1.82, 2.24) is 14.3 Å². The highest BCUT2D eigenvalue weighted by molar-refractivity contribution is 6.31. The number of aryl methyl sites for hydroxylation is 1. The molecule has 3 heterocycles. The number of fused-ring (bicyclic) bond motifs is 3. The molecule has 1 N–H and O–H groups in total. The molecule has 2 amide bonds. The van der Waals surface area contributed by atoms with E-state index in [1.54, 1.807) is 6.07 Å². The summed E-state index contributed by atoms with van der Waals surface area (Å²) >= 11 is 12.3. The largest absolute Gasteiger partial charge is 0.351 e. The number of nitrogens with zero attached hydrogens (tertiary/aromatic N) is 4. The van der Waals surface area contributed by atoms with Crippen molar-refractivity contribution in [3.05, 3.63) is 70.3 Å². The van der Waals surface area contributed by atoms with Crippen molar-refractivity contribution in [2.45, 2.75) is 6.92 Å². The summed E-state index contributed by atoms with van der Waals surface area (Å²) in [5.74, 6) is 0.908. The lowest BCUT2D eigenvalue weighted by molar-refractivity contribution is 0.208. The highest BCUT2D eigenvalue weighted by Gasteiger charge is 2.24. The third-order valence-corrected chi connectivity index (χ3v) is 6.18. The predicted octanol–water partition coefficient (Wildman–Crippen LogP) is 5.46. The second-order valence-electron chi connectivity index (χ2n) is 7.70. The highest BCUT2D eigenvalue weighted by Crippen LogP contribution is 2.28. The number of anilines is 2. The van der Waals surface area contributed by atoms with Gasteiger partial charge in [0.15, 0.2) is 5.82 Å². The molecule has 0 unspecified atom stereocenters.